The van der Waals surface area contributed by atoms with E-state index in [9.17, 15) is 0 Å². The average Bonchev–Trinajstić information content (AvgIpc) is 3.59. The van der Waals surface area contributed by atoms with Crippen LogP contribution in [0.4, 0.5) is 0 Å². The van der Waals surface area contributed by atoms with Gasteiger partial charge in [-0.15, -0.1) is 0 Å². The van der Waals surface area contributed by atoms with E-state index < -0.39 is 0 Å². The lowest BCUT2D eigenvalue weighted by Gasteiger charge is -2.26. The van der Waals surface area contributed by atoms with Crippen molar-refractivity contribution >= 4 is 43.1 Å². The van der Waals surface area contributed by atoms with Gasteiger partial charge in [0.25, 0.3) is 0 Å². The first-order valence-electron chi connectivity index (χ1n) is 21.3. The van der Waals surface area contributed by atoms with Crippen LogP contribution >= 0.6 is 0 Å². The van der Waals surface area contributed by atoms with Crippen LogP contribution in [0.2, 0.25) is 0 Å². The van der Waals surface area contributed by atoms with Gasteiger partial charge in [-0.25, -0.2) is 0 Å². The van der Waals surface area contributed by atoms with E-state index in [0.29, 0.717) is 0 Å². The molecule has 9 aromatic carbocycles. The third-order valence-electron chi connectivity index (χ3n) is 14.1. The van der Waals surface area contributed by atoms with E-state index in [1.54, 1.807) is 0 Å². The largest absolute Gasteiger partial charge is 0.256 e. The van der Waals surface area contributed by atoms with Crippen molar-refractivity contribution in [3.05, 3.63) is 184 Å². The molecule has 1 heteroatoms. The summed E-state index contributed by atoms with van der Waals surface area (Å²) in [5.74, 6) is 0. The van der Waals surface area contributed by atoms with Crippen molar-refractivity contribution in [1.29, 1.82) is 0 Å². The topological polar surface area (TPSA) is 12.9 Å². The molecular weight excluding hydrogens is 723 g/mol. The van der Waals surface area contributed by atoms with Crippen LogP contribution in [0.25, 0.3) is 110 Å². The minimum Gasteiger partial charge on any atom is -0.256 e. The molecule has 0 N–H and O–H groups in total. The molecule has 1 aliphatic carbocycles. The first-order valence-corrected chi connectivity index (χ1v) is 21.3. The molecule has 0 amide bonds. The van der Waals surface area contributed by atoms with Gasteiger partial charge in [-0.2, -0.15) is 0 Å². The van der Waals surface area contributed by atoms with E-state index in [0.717, 1.165) is 16.6 Å². The van der Waals surface area contributed by atoms with Crippen LogP contribution in [0.3, 0.4) is 0 Å². The molecule has 10 aromatic rings. The fraction of sp³-hybridized carbons (Fsp3) is 0.136. The number of hydrogen-bond acceptors (Lipinski definition) is 1. The fourth-order valence-electron chi connectivity index (χ4n) is 10.6. The predicted octanol–water partition coefficient (Wildman–Crippen LogP) is 16.5. The number of aryl methyl sites for hydroxylation is 4. The van der Waals surface area contributed by atoms with Crippen molar-refractivity contribution in [3.8, 4) is 66.9 Å². The van der Waals surface area contributed by atoms with Crippen LogP contribution in [0, 0.1) is 55.4 Å². The molecule has 0 aliphatic heterocycles. The summed E-state index contributed by atoms with van der Waals surface area (Å²) in [5, 5.41) is 10.1. The molecule has 288 valence electrons. The molecule has 0 saturated carbocycles. The predicted molar refractivity (Wildman–Crippen MR) is 258 cm³/mol. The molecule has 1 heterocycles. The molecule has 0 bridgehead atoms. The molecule has 1 aliphatic rings. The minimum absolute atomic E-state index is 0.986. The van der Waals surface area contributed by atoms with Crippen LogP contribution in [-0.2, 0) is 0 Å². The summed E-state index contributed by atoms with van der Waals surface area (Å²) in [6.45, 7) is 18.5. The molecule has 0 unspecified atom stereocenters. The molecule has 0 spiro atoms. The average molecular weight is 770 g/mol. The van der Waals surface area contributed by atoms with E-state index in [1.807, 2.05) is 6.20 Å². The first kappa shape index (κ1) is 36.3. The summed E-state index contributed by atoms with van der Waals surface area (Å²) < 4.78 is 0. The van der Waals surface area contributed by atoms with Gasteiger partial charge in [0.2, 0.25) is 0 Å². The van der Waals surface area contributed by atoms with Crippen molar-refractivity contribution in [2.24, 2.45) is 0 Å². The standard InChI is InChI=1S/C59H47N/c1-32-26-33(2)37(6)52(36(32)5)56-47-23-22-43(51-30-41-18-12-13-20-44(41)31-60-51)29-49(47)58(53-38(7)34(3)27-35(4)39(53)8)57-48-25-24-46(40-16-10-9-11-17-40)54-45-21-15-14-19-42(45)28-50(55(48)54)59(56)57/h9-31H,1-8H3. The van der Waals surface area contributed by atoms with Crippen molar-refractivity contribution in [1.82, 2.24) is 4.98 Å². The highest BCUT2D eigenvalue weighted by atomic mass is 14.7. The monoisotopic (exact) mass is 769 g/mol. The molecule has 0 fully saturated rings. The van der Waals surface area contributed by atoms with E-state index >= 15 is 0 Å². The van der Waals surface area contributed by atoms with Crippen LogP contribution in [0.1, 0.15) is 44.5 Å². The van der Waals surface area contributed by atoms with Gasteiger partial charge < -0.3 is 0 Å². The third-order valence-corrected chi connectivity index (χ3v) is 14.1. The van der Waals surface area contributed by atoms with Gasteiger partial charge >= 0.3 is 0 Å². The van der Waals surface area contributed by atoms with Gasteiger partial charge in [-0.1, -0.05) is 115 Å². The zero-order chi connectivity index (χ0) is 41.1. The summed E-state index contributed by atoms with van der Waals surface area (Å²) in [5.41, 5.74) is 25.9. The quantitative estimate of drug-likeness (QED) is 0.162. The molecule has 0 saturated heterocycles. The molecule has 0 atom stereocenters. The fourth-order valence-corrected chi connectivity index (χ4v) is 10.6. The maximum atomic E-state index is 5.09. The lowest BCUT2D eigenvalue weighted by molar-refractivity contribution is 1.24. The van der Waals surface area contributed by atoms with Crippen molar-refractivity contribution in [2.75, 3.05) is 0 Å². The van der Waals surface area contributed by atoms with Crippen LogP contribution in [0.5, 0.6) is 0 Å². The second-order valence-corrected chi connectivity index (χ2v) is 17.4. The number of aromatic nitrogens is 1. The number of benzene rings is 9. The summed E-state index contributed by atoms with van der Waals surface area (Å²) in [4.78, 5) is 5.09. The smallest absolute Gasteiger partial charge is 0.0708 e. The molecule has 11 rings (SSSR count). The Morgan fingerprint density at radius 1 is 0.317 bits per heavy atom. The Hall–Kier alpha value is -6.83. The van der Waals surface area contributed by atoms with Gasteiger partial charge in [-0.3, -0.25) is 4.98 Å². The summed E-state index contributed by atoms with van der Waals surface area (Å²) >= 11 is 0. The van der Waals surface area contributed by atoms with Crippen molar-refractivity contribution in [2.45, 2.75) is 55.4 Å². The third kappa shape index (κ3) is 5.15. The number of nitrogens with zero attached hydrogens (tertiary/aromatic N) is 1. The zero-order valence-corrected chi connectivity index (χ0v) is 35.7. The van der Waals surface area contributed by atoms with Crippen molar-refractivity contribution in [3.63, 3.8) is 0 Å². The molecule has 0 radical (unpaired) electrons. The number of fused-ring (bicyclic) bond motifs is 7. The normalized spacial score (nSPS) is 12.0. The molecule has 60 heavy (non-hydrogen) atoms. The van der Waals surface area contributed by atoms with Gasteiger partial charge in [0.1, 0.15) is 0 Å². The summed E-state index contributed by atoms with van der Waals surface area (Å²) in [7, 11) is 0. The lowest BCUT2D eigenvalue weighted by atomic mass is 9.77. The Kier molecular flexibility index (Phi) is 8.07. The summed E-state index contributed by atoms with van der Waals surface area (Å²) in [6.07, 6.45) is 2.02. The number of hydrogen-bond donors (Lipinski definition) is 0. The highest BCUT2D eigenvalue weighted by Crippen LogP contribution is 2.61. The molecular formula is C59H47N. The van der Waals surface area contributed by atoms with Crippen LogP contribution in [-0.4, -0.2) is 4.98 Å². The number of pyridine rings is 1. The van der Waals surface area contributed by atoms with Gasteiger partial charge in [0.05, 0.1) is 5.69 Å². The van der Waals surface area contributed by atoms with E-state index in [1.165, 1.54) is 138 Å². The minimum atomic E-state index is 0.986. The summed E-state index contributed by atoms with van der Waals surface area (Å²) in [6, 6.07) is 50.1. The first-order chi connectivity index (χ1) is 29.1. The van der Waals surface area contributed by atoms with Crippen LogP contribution in [0.15, 0.2) is 140 Å². The van der Waals surface area contributed by atoms with E-state index in [4.69, 9.17) is 4.98 Å². The van der Waals surface area contributed by atoms with E-state index in [-0.39, 0.29) is 0 Å². The Morgan fingerprint density at radius 3 is 1.53 bits per heavy atom. The van der Waals surface area contributed by atoms with Gasteiger partial charge in [-0.05, 0) is 211 Å². The molecule has 1 nitrogen and oxygen atoms in total. The Morgan fingerprint density at radius 2 is 0.867 bits per heavy atom. The highest BCUT2D eigenvalue weighted by molar-refractivity contribution is 6.33. The zero-order valence-electron chi connectivity index (χ0n) is 35.7. The Labute approximate surface area is 353 Å². The Balaban J connectivity index is 1.40. The number of rotatable bonds is 4. The SMILES string of the molecule is Cc1cc(C)c(C)c(-c2c3c(c(-c4c(C)c(C)cc(C)c4C)c4cc(-c5cc6ccccc6cn5)ccc24)-c2ccc(-c4ccccc4)c4c2c-3cc2ccccc24)c1C. The maximum Gasteiger partial charge on any atom is 0.0708 e. The maximum absolute atomic E-state index is 5.09. The lowest BCUT2D eigenvalue weighted by Crippen LogP contribution is -2.02. The molecule has 1 aromatic heterocycles. The highest BCUT2D eigenvalue weighted by Gasteiger charge is 2.34. The van der Waals surface area contributed by atoms with E-state index in [2.05, 4.69) is 189 Å². The second-order valence-electron chi connectivity index (χ2n) is 17.4. The van der Waals surface area contributed by atoms with Crippen molar-refractivity contribution < 1.29 is 0 Å². The second kappa shape index (κ2) is 13.3. The Bertz CT molecular complexity index is 3440. The van der Waals surface area contributed by atoms with Crippen LogP contribution < -0.4 is 0 Å². The van der Waals surface area contributed by atoms with Gasteiger partial charge in [0, 0.05) is 17.1 Å². The van der Waals surface area contributed by atoms with Gasteiger partial charge in [0.15, 0.2) is 0 Å².